The number of hydrogen-bond donors (Lipinski definition) is 0. The van der Waals surface area contributed by atoms with Gasteiger partial charge in [0.2, 0.25) is 11.8 Å². The zero-order valence-corrected chi connectivity index (χ0v) is 18.7. The second kappa shape index (κ2) is 6.50. The zero-order chi connectivity index (χ0) is 21.5. The number of para-hydroxylation sites is 1. The van der Waals surface area contributed by atoms with Crippen molar-refractivity contribution in [2.75, 3.05) is 22.9 Å². The number of rotatable bonds is 2. The van der Waals surface area contributed by atoms with Gasteiger partial charge in [-0.1, -0.05) is 34.1 Å². The second-order valence-electron chi connectivity index (χ2n) is 8.73. The van der Waals surface area contributed by atoms with E-state index in [0.29, 0.717) is 12.2 Å². The summed E-state index contributed by atoms with van der Waals surface area (Å²) < 4.78 is 0.882. The van der Waals surface area contributed by atoms with Crippen molar-refractivity contribution >= 4 is 45.0 Å². The molecule has 2 aromatic rings. The summed E-state index contributed by atoms with van der Waals surface area (Å²) in [6.45, 7) is 3.22. The normalized spacial score (nSPS) is 31.7. The van der Waals surface area contributed by atoms with Crippen molar-refractivity contribution in [3.8, 4) is 0 Å². The van der Waals surface area contributed by atoms with Gasteiger partial charge in [0.1, 0.15) is 5.54 Å². The van der Waals surface area contributed by atoms with Crippen LogP contribution >= 0.6 is 15.9 Å². The van der Waals surface area contributed by atoms with Gasteiger partial charge in [-0.05, 0) is 56.6 Å². The molecule has 6 rings (SSSR count). The minimum absolute atomic E-state index is 0.0607. The first-order valence-electron chi connectivity index (χ1n) is 10.8. The lowest BCUT2D eigenvalue weighted by Gasteiger charge is -2.37. The van der Waals surface area contributed by atoms with Crippen LogP contribution in [-0.2, 0) is 19.9 Å². The lowest BCUT2D eigenvalue weighted by molar-refractivity contribution is -0.137. The first kappa shape index (κ1) is 19.2. The second-order valence-corrected chi connectivity index (χ2v) is 9.64. The van der Waals surface area contributed by atoms with Crippen LogP contribution in [0.1, 0.15) is 25.3 Å². The molecule has 0 unspecified atom stereocenters. The Morgan fingerprint density at radius 2 is 1.77 bits per heavy atom. The van der Waals surface area contributed by atoms with Crippen molar-refractivity contribution in [2.24, 2.45) is 11.8 Å². The Labute approximate surface area is 188 Å². The quantitative estimate of drug-likeness (QED) is 0.620. The SMILES string of the molecule is CCN1C(=O)[C@@]2(c3ccccc31)[C@@H]1C(=O)N(c3ccc(Br)cc3)C(=O)[C@@H]1[C@@H]1CCCN12. The Morgan fingerprint density at radius 3 is 2.52 bits per heavy atom. The predicted octanol–water partition coefficient (Wildman–Crippen LogP) is 3.29. The van der Waals surface area contributed by atoms with Crippen LogP contribution in [0.3, 0.4) is 0 Å². The molecule has 4 aliphatic heterocycles. The molecule has 0 radical (unpaired) electrons. The van der Waals surface area contributed by atoms with Crippen molar-refractivity contribution in [2.45, 2.75) is 31.3 Å². The summed E-state index contributed by atoms with van der Waals surface area (Å²) in [5.74, 6) is -1.68. The van der Waals surface area contributed by atoms with Crippen molar-refractivity contribution in [1.82, 2.24) is 4.90 Å². The molecule has 0 N–H and O–H groups in total. The van der Waals surface area contributed by atoms with E-state index in [0.717, 1.165) is 35.1 Å². The van der Waals surface area contributed by atoms with E-state index in [1.807, 2.05) is 43.3 Å². The summed E-state index contributed by atoms with van der Waals surface area (Å²) in [6, 6.07) is 14.9. The standard InChI is InChI=1S/C24H22BrN3O3/c1-2-26-17-7-4-3-6-16(17)24(23(26)31)20-19(18-8-5-13-27(18)24)21(29)28(22(20)30)15-11-9-14(25)10-12-15/h3-4,6-7,9-12,18-20H,2,5,8,13H2,1H3/t18-,19+,20-,24+/m0/s1. The van der Waals surface area contributed by atoms with Gasteiger partial charge in [-0.25, -0.2) is 4.90 Å². The minimum atomic E-state index is -1.09. The van der Waals surface area contributed by atoms with Gasteiger partial charge in [-0.15, -0.1) is 0 Å². The summed E-state index contributed by atoms with van der Waals surface area (Å²) in [6.07, 6.45) is 1.76. The Morgan fingerprint density at radius 1 is 1.03 bits per heavy atom. The number of nitrogens with zero attached hydrogens (tertiary/aromatic N) is 3. The number of carbonyl (C=O) groups is 3. The molecule has 0 saturated carbocycles. The summed E-state index contributed by atoms with van der Waals surface area (Å²) in [5, 5.41) is 0. The van der Waals surface area contributed by atoms with Crippen LogP contribution in [0.15, 0.2) is 53.0 Å². The lowest BCUT2D eigenvalue weighted by atomic mass is 9.75. The van der Waals surface area contributed by atoms with Gasteiger partial charge in [0.05, 0.1) is 17.5 Å². The Bertz CT molecular complexity index is 1130. The van der Waals surface area contributed by atoms with Gasteiger partial charge in [-0.3, -0.25) is 19.3 Å². The maximum atomic E-state index is 14.0. The lowest BCUT2D eigenvalue weighted by Crippen LogP contribution is -2.56. The van der Waals surface area contributed by atoms with E-state index in [1.165, 1.54) is 4.90 Å². The van der Waals surface area contributed by atoms with E-state index in [1.54, 1.807) is 17.0 Å². The average molecular weight is 480 g/mol. The topological polar surface area (TPSA) is 60.9 Å². The van der Waals surface area contributed by atoms with Crippen LogP contribution in [0.5, 0.6) is 0 Å². The van der Waals surface area contributed by atoms with Gasteiger partial charge in [0, 0.05) is 28.3 Å². The smallest absolute Gasteiger partial charge is 0.253 e. The molecule has 3 amide bonds. The molecule has 31 heavy (non-hydrogen) atoms. The molecule has 4 heterocycles. The maximum absolute atomic E-state index is 14.0. The molecular weight excluding hydrogens is 458 g/mol. The number of carbonyl (C=O) groups excluding carboxylic acids is 3. The third-order valence-electron chi connectivity index (χ3n) is 7.55. The molecule has 4 aliphatic rings. The molecule has 0 bridgehead atoms. The molecule has 3 fully saturated rings. The number of fused-ring (bicyclic) bond motifs is 7. The average Bonchev–Trinajstić information content (AvgIpc) is 3.47. The van der Waals surface area contributed by atoms with Crippen LogP contribution in [0.2, 0.25) is 0 Å². The van der Waals surface area contributed by atoms with Gasteiger partial charge < -0.3 is 4.90 Å². The fourth-order valence-electron chi connectivity index (χ4n) is 6.50. The predicted molar refractivity (Wildman–Crippen MR) is 119 cm³/mol. The van der Waals surface area contributed by atoms with E-state index in [-0.39, 0.29) is 23.8 Å². The minimum Gasteiger partial charge on any atom is -0.310 e. The highest BCUT2D eigenvalue weighted by atomic mass is 79.9. The van der Waals surface area contributed by atoms with Gasteiger partial charge in [0.15, 0.2) is 0 Å². The highest BCUT2D eigenvalue weighted by Gasteiger charge is 2.75. The number of amides is 3. The molecule has 158 valence electrons. The van der Waals surface area contributed by atoms with E-state index < -0.39 is 17.4 Å². The number of hydrogen-bond acceptors (Lipinski definition) is 4. The largest absolute Gasteiger partial charge is 0.310 e. The molecule has 0 aliphatic carbocycles. The highest BCUT2D eigenvalue weighted by molar-refractivity contribution is 9.10. The first-order valence-corrected chi connectivity index (χ1v) is 11.6. The summed E-state index contributed by atoms with van der Waals surface area (Å²) >= 11 is 3.41. The number of likely N-dealkylation sites (N-methyl/N-ethyl adjacent to an activating group) is 1. The fourth-order valence-corrected chi connectivity index (χ4v) is 6.76. The van der Waals surface area contributed by atoms with E-state index in [2.05, 4.69) is 20.8 Å². The molecule has 1 spiro atoms. The summed E-state index contributed by atoms with van der Waals surface area (Å²) in [5.41, 5.74) is 1.22. The van der Waals surface area contributed by atoms with Crippen molar-refractivity contribution in [3.63, 3.8) is 0 Å². The molecule has 4 atom stereocenters. The third-order valence-corrected chi connectivity index (χ3v) is 8.07. The molecule has 0 aromatic heterocycles. The van der Waals surface area contributed by atoms with Crippen LogP contribution in [-0.4, -0.2) is 41.8 Å². The highest BCUT2D eigenvalue weighted by Crippen LogP contribution is 2.61. The molecular formula is C24H22BrN3O3. The van der Waals surface area contributed by atoms with Crippen molar-refractivity contribution in [1.29, 1.82) is 0 Å². The fraction of sp³-hybridized carbons (Fsp3) is 0.375. The molecule has 7 heteroatoms. The van der Waals surface area contributed by atoms with Gasteiger partial charge in [0.25, 0.3) is 5.91 Å². The van der Waals surface area contributed by atoms with E-state index in [4.69, 9.17) is 0 Å². The van der Waals surface area contributed by atoms with E-state index >= 15 is 0 Å². The van der Waals surface area contributed by atoms with Crippen LogP contribution in [0.4, 0.5) is 11.4 Å². The molecule has 2 aromatic carbocycles. The van der Waals surface area contributed by atoms with Crippen molar-refractivity contribution in [3.05, 3.63) is 58.6 Å². The first-order chi connectivity index (χ1) is 15.0. The maximum Gasteiger partial charge on any atom is 0.253 e. The van der Waals surface area contributed by atoms with E-state index in [9.17, 15) is 14.4 Å². The Kier molecular flexibility index (Phi) is 4.02. The monoisotopic (exact) mass is 479 g/mol. The summed E-state index contributed by atoms with van der Waals surface area (Å²) in [7, 11) is 0. The van der Waals surface area contributed by atoms with Crippen molar-refractivity contribution < 1.29 is 14.4 Å². The number of anilines is 2. The zero-order valence-electron chi connectivity index (χ0n) is 17.1. The Hall–Kier alpha value is -2.51. The van der Waals surface area contributed by atoms with Crippen LogP contribution < -0.4 is 9.80 Å². The summed E-state index contributed by atoms with van der Waals surface area (Å²) in [4.78, 5) is 46.9. The van der Waals surface area contributed by atoms with Gasteiger partial charge >= 0.3 is 0 Å². The number of benzene rings is 2. The molecule has 6 nitrogen and oxygen atoms in total. The third kappa shape index (κ3) is 2.18. The Balaban J connectivity index is 1.57. The van der Waals surface area contributed by atoms with Gasteiger partial charge in [-0.2, -0.15) is 0 Å². The molecule has 3 saturated heterocycles. The van der Waals surface area contributed by atoms with Crippen LogP contribution in [0.25, 0.3) is 0 Å². The number of imide groups is 1. The van der Waals surface area contributed by atoms with Crippen LogP contribution in [0, 0.1) is 11.8 Å². The number of halogens is 1.